The number of nitrogens with zero attached hydrogens (tertiary/aromatic N) is 2. The van der Waals surface area contributed by atoms with E-state index in [9.17, 15) is 14.4 Å². The van der Waals surface area contributed by atoms with Crippen LogP contribution in [0.3, 0.4) is 0 Å². The summed E-state index contributed by atoms with van der Waals surface area (Å²) in [4.78, 5) is 39.7. The summed E-state index contributed by atoms with van der Waals surface area (Å²) >= 11 is 1.12. The van der Waals surface area contributed by atoms with Crippen molar-refractivity contribution < 1.29 is 9.53 Å². The van der Waals surface area contributed by atoms with Gasteiger partial charge >= 0.3 is 11.7 Å². The Labute approximate surface area is 188 Å². The van der Waals surface area contributed by atoms with Gasteiger partial charge < -0.3 is 4.74 Å². The van der Waals surface area contributed by atoms with Gasteiger partial charge in [-0.05, 0) is 42.0 Å². The summed E-state index contributed by atoms with van der Waals surface area (Å²) < 4.78 is 8.48. The fraction of sp³-hybridized carbons (Fsp3) is 0.240. The molecular formula is C25H22N2O4S. The molecule has 6 nitrogen and oxygen atoms in total. The van der Waals surface area contributed by atoms with Crippen molar-refractivity contribution in [1.82, 2.24) is 9.13 Å². The largest absolute Gasteiger partial charge is 0.453 e. The molecule has 32 heavy (non-hydrogen) atoms. The summed E-state index contributed by atoms with van der Waals surface area (Å²) in [5.41, 5.74) is 2.31. The number of carbonyl (C=O) groups excluding carboxylic acids is 1. The standard InChI is InChI=1S/C25H22N2O4S/c1-26-23-19(22(28)27(25(26)30)15-16-8-3-2-4-9-16)14-21(32-23)24(29)31-20-13-7-11-17-10-5-6-12-18(17)20/h2-6,8-10,12,14,20H,7,11,13,15H2,1H3. The lowest BCUT2D eigenvalue weighted by molar-refractivity contribution is 0.0262. The van der Waals surface area contributed by atoms with E-state index in [2.05, 4.69) is 6.07 Å². The number of rotatable bonds is 4. The van der Waals surface area contributed by atoms with Gasteiger partial charge in [-0.1, -0.05) is 54.6 Å². The second-order valence-corrected chi connectivity index (χ2v) is 9.06. The molecule has 0 fully saturated rings. The number of ether oxygens (including phenoxy) is 1. The molecule has 0 saturated carbocycles. The van der Waals surface area contributed by atoms with Crippen LogP contribution >= 0.6 is 11.3 Å². The minimum atomic E-state index is -0.464. The highest BCUT2D eigenvalue weighted by molar-refractivity contribution is 7.20. The maximum Gasteiger partial charge on any atom is 0.349 e. The van der Waals surface area contributed by atoms with E-state index in [1.54, 1.807) is 13.1 Å². The predicted octanol–water partition coefficient (Wildman–Crippen LogP) is 4.04. The zero-order valence-corrected chi connectivity index (χ0v) is 18.4. The summed E-state index contributed by atoms with van der Waals surface area (Å²) in [6, 6.07) is 18.9. The van der Waals surface area contributed by atoms with Gasteiger partial charge in [0.25, 0.3) is 5.56 Å². The average molecular weight is 447 g/mol. The molecule has 0 amide bonds. The molecule has 1 atom stereocenters. The molecule has 0 bridgehead atoms. The molecule has 0 saturated heterocycles. The quantitative estimate of drug-likeness (QED) is 0.444. The van der Waals surface area contributed by atoms with E-state index in [0.29, 0.717) is 15.1 Å². The summed E-state index contributed by atoms with van der Waals surface area (Å²) in [5, 5.41) is 0.351. The molecule has 162 valence electrons. The average Bonchev–Trinajstić information content (AvgIpc) is 3.28. The van der Waals surface area contributed by atoms with Crippen LogP contribution in [-0.2, 0) is 24.8 Å². The molecule has 2 aromatic carbocycles. The van der Waals surface area contributed by atoms with Crippen LogP contribution in [0.2, 0.25) is 0 Å². The fourth-order valence-electron chi connectivity index (χ4n) is 4.31. The molecule has 0 N–H and O–H groups in total. The molecule has 1 aliphatic rings. The lowest BCUT2D eigenvalue weighted by atomic mass is 9.89. The zero-order valence-electron chi connectivity index (χ0n) is 17.6. The zero-order chi connectivity index (χ0) is 22.2. The highest BCUT2D eigenvalue weighted by atomic mass is 32.1. The lowest BCUT2D eigenvalue weighted by Crippen LogP contribution is -2.38. The molecule has 7 heteroatoms. The Balaban J connectivity index is 1.49. The van der Waals surface area contributed by atoms with E-state index in [4.69, 9.17) is 4.74 Å². The summed E-state index contributed by atoms with van der Waals surface area (Å²) in [6.07, 6.45) is 2.42. The SMILES string of the molecule is Cn1c(=O)n(Cc2ccccc2)c(=O)c2cc(C(=O)OC3CCCc4ccccc43)sc21. The van der Waals surface area contributed by atoms with Gasteiger partial charge in [0.15, 0.2) is 0 Å². The molecule has 1 aliphatic carbocycles. The predicted molar refractivity (Wildman–Crippen MR) is 124 cm³/mol. The van der Waals surface area contributed by atoms with Crippen LogP contribution in [-0.4, -0.2) is 15.1 Å². The molecule has 5 rings (SSSR count). The van der Waals surface area contributed by atoms with Gasteiger partial charge in [-0.25, -0.2) is 9.59 Å². The Kier molecular flexibility index (Phi) is 5.27. The van der Waals surface area contributed by atoms with Gasteiger partial charge in [0.1, 0.15) is 15.8 Å². The lowest BCUT2D eigenvalue weighted by Gasteiger charge is -2.25. The van der Waals surface area contributed by atoms with Crippen LogP contribution in [0.1, 0.15) is 45.3 Å². The number of benzene rings is 2. The Morgan fingerprint density at radius 2 is 1.84 bits per heavy atom. The monoisotopic (exact) mass is 446 g/mol. The smallest absolute Gasteiger partial charge is 0.349 e. The minimum absolute atomic E-state index is 0.177. The van der Waals surface area contributed by atoms with E-state index in [1.165, 1.54) is 14.7 Å². The van der Waals surface area contributed by atoms with Crippen molar-refractivity contribution in [3.63, 3.8) is 0 Å². The Morgan fingerprint density at radius 1 is 1.09 bits per heavy atom. The first kappa shape index (κ1) is 20.5. The van der Waals surface area contributed by atoms with Crippen LogP contribution in [0.25, 0.3) is 10.2 Å². The van der Waals surface area contributed by atoms with Crippen molar-refractivity contribution >= 4 is 27.5 Å². The number of aryl methyl sites for hydroxylation is 2. The maximum atomic E-state index is 13.1. The maximum absolute atomic E-state index is 13.1. The summed E-state index contributed by atoms with van der Waals surface area (Å²) in [7, 11) is 1.62. The number of hydrogen-bond acceptors (Lipinski definition) is 5. The number of hydrogen-bond donors (Lipinski definition) is 0. The molecule has 0 spiro atoms. The second kappa shape index (κ2) is 8.24. The van der Waals surface area contributed by atoms with Crippen molar-refractivity contribution in [3.8, 4) is 0 Å². The van der Waals surface area contributed by atoms with Gasteiger partial charge in [-0.3, -0.25) is 13.9 Å². The first-order valence-corrected chi connectivity index (χ1v) is 11.4. The number of esters is 1. The molecular weight excluding hydrogens is 424 g/mol. The Morgan fingerprint density at radius 3 is 2.66 bits per heavy atom. The van der Waals surface area contributed by atoms with Crippen molar-refractivity contribution in [1.29, 1.82) is 0 Å². The van der Waals surface area contributed by atoms with E-state index >= 15 is 0 Å². The third-order valence-corrected chi connectivity index (χ3v) is 7.15. The summed E-state index contributed by atoms with van der Waals surface area (Å²) in [5.74, 6) is -0.464. The number of aromatic nitrogens is 2. The fourth-order valence-corrected chi connectivity index (χ4v) is 5.30. The van der Waals surface area contributed by atoms with E-state index in [-0.39, 0.29) is 12.6 Å². The highest BCUT2D eigenvalue weighted by Gasteiger charge is 2.25. The number of fused-ring (bicyclic) bond motifs is 2. The third-order valence-electron chi connectivity index (χ3n) is 5.96. The van der Waals surface area contributed by atoms with Crippen LogP contribution in [0, 0.1) is 0 Å². The van der Waals surface area contributed by atoms with E-state index < -0.39 is 17.2 Å². The van der Waals surface area contributed by atoms with Gasteiger partial charge in [-0.2, -0.15) is 0 Å². The van der Waals surface area contributed by atoms with Crippen LogP contribution in [0.15, 0.2) is 70.3 Å². The molecule has 2 aromatic heterocycles. The number of carbonyl (C=O) groups is 1. The van der Waals surface area contributed by atoms with Crippen molar-refractivity contribution in [3.05, 3.63) is 103 Å². The van der Waals surface area contributed by atoms with Crippen molar-refractivity contribution in [2.45, 2.75) is 31.9 Å². The van der Waals surface area contributed by atoms with Crippen LogP contribution < -0.4 is 11.2 Å². The second-order valence-electron chi connectivity index (χ2n) is 8.03. The molecule has 1 unspecified atom stereocenters. The number of thiophene rings is 1. The minimum Gasteiger partial charge on any atom is -0.453 e. The first-order valence-electron chi connectivity index (χ1n) is 10.6. The topological polar surface area (TPSA) is 70.3 Å². The van der Waals surface area contributed by atoms with Crippen molar-refractivity contribution in [2.24, 2.45) is 7.05 Å². The van der Waals surface area contributed by atoms with E-state index in [1.807, 2.05) is 48.5 Å². The van der Waals surface area contributed by atoms with E-state index in [0.717, 1.165) is 41.7 Å². The molecule has 0 aliphatic heterocycles. The van der Waals surface area contributed by atoms with Gasteiger partial charge in [-0.15, -0.1) is 11.3 Å². The first-order chi connectivity index (χ1) is 15.5. The van der Waals surface area contributed by atoms with Gasteiger partial charge in [0.05, 0.1) is 11.9 Å². The molecule has 0 radical (unpaired) electrons. The summed E-state index contributed by atoms with van der Waals surface area (Å²) in [6.45, 7) is 0.177. The Hall–Kier alpha value is -3.45. The third kappa shape index (κ3) is 3.58. The van der Waals surface area contributed by atoms with Crippen molar-refractivity contribution in [2.75, 3.05) is 0 Å². The molecule has 2 heterocycles. The van der Waals surface area contributed by atoms with Crippen LogP contribution in [0.4, 0.5) is 0 Å². The van der Waals surface area contributed by atoms with Crippen LogP contribution in [0.5, 0.6) is 0 Å². The van der Waals surface area contributed by atoms with Gasteiger partial charge in [0, 0.05) is 7.05 Å². The Bertz CT molecular complexity index is 1430. The normalized spacial score (nSPS) is 15.5. The van der Waals surface area contributed by atoms with Gasteiger partial charge in [0.2, 0.25) is 0 Å². The molecule has 4 aromatic rings. The highest BCUT2D eigenvalue weighted by Crippen LogP contribution is 2.34.